The molecule has 240 valence electrons. The predicted octanol–water partition coefficient (Wildman–Crippen LogP) is 12.3. The lowest BCUT2D eigenvalue weighted by atomic mass is 9.92. The van der Waals surface area contributed by atoms with Crippen molar-refractivity contribution in [2.45, 2.75) is 52.2 Å². The Labute approximate surface area is 285 Å². The van der Waals surface area contributed by atoms with Crippen LogP contribution < -0.4 is 10.6 Å². The van der Waals surface area contributed by atoms with Crippen LogP contribution in [0.2, 0.25) is 0 Å². The summed E-state index contributed by atoms with van der Waals surface area (Å²) in [6.45, 7) is 6.35. The van der Waals surface area contributed by atoms with Gasteiger partial charge >= 0.3 is 0 Å². The molecule has 3 aromatic heterocycles. The van der Waals surface area contributed by atoms with Crippen LogP contribution in [0.1, 0.15) is 39.2 Å². The highest BCUT2D eigenvalue weighted by Gasteiger charge is 2.24. The molecule has 6 aromatic carbocycles. The minimum absolute atomic E-state index is 0.564. The lowest BCUT2D eigenvalue weighted by Crippen LogP contribution is -2.16. The highest BCUT2D eigenvalue weighted by atomic mass is 15.0. The Kier molecular flexibility index (Phi) is 6.32. The first kappa shape index (κ1) is 28.3. The minimum atomic E-state index is 0.564. The maximum Gasteiger partial charge on any atom is 0.0495 e. The van der Waals surface area contributed by atoms with Crippen molar-refractivity contribution in [1.29, 1.82) is 0 Å². The molecule has 0 unspecified atom stereocenters. The topological polar surface area (TPSA) is 38.9 Å². The Morgan fingerprint density at radius 3 is 1.20 bits per heavy atom. The molecule has 1 saturated carbocycles. The van der Waals surface area contributed by atoms with Crippen molar-refractivity contribution in [3.63, 3.8) is 0 Å². The number of rotatable bonds is 7. The van der Waals surface area contributed by atoms with Gasteiger partial charge < -0.3 is 24.3 Å². The van der Waals surface area contributed by atoms with E-state index >= 15 is 0 Å². The fraction of sp³-hybridized carbons (Fsp3) is 0.182. The number of hydrogen-bond donors (Lipinski definition) is 2. The van der Waals surface area contributed by atoms with Gasteiger partial charge in [-0.15, -0.1) is 0 Å². The molecule has 9 aromatic rings. The Morgan fingerprint density at radius 2 is 0.816 bits per heavy atom. The Balaban J connectivity index is 1.05. The Bertz CT molecular complexity index is 2550. The fourth-order valence-corrected chi connectivity index (χ4v) is 8.52. The SMILES string of the molecule is CCn1c2ccccc2c2cc(Nc3ccc4c(c3)c3cc(Nc5ccc6c(c5)c5ccccc5n6CC)ccc3n4C3CCC3)ccc21. The van der Waals surface area contributed by atoms with E-state index in [9.17, 15) is 0 Å². The number of benzene rings is 6. The number of nitrogens with one attached hydrogen (secondary N) is 2. The monoisotopic (exact) mass is 637 g/mol. The molecule has 3 heterocycles. The predicted molar refractivity (Wildman–Crippen MR) is 209 cm³/mol. The highest BCUT2D eigenvalue weighted by molar-refractivity contribution is 6.12. The summed E-state index contributed by atoms with van der Waals surface area (Å²) < 4.78 is 7.41. The molecule has 0 saturated heterocycles. The summed E-state index contributed by atoms with van der Waals surface area (Å²) in [4.78, 5) is 0. The minimum Gasteiger partial charge on any atom is -0.355 e. The van der Waals surface area contributed by atoms with Crippen LogP contribution in [0.5, 0.6) is 0 Å². The first-order valence-corrected chi connectivity index (χ1v) is 17.8. The summed E-state index contributed by atoms with van der Waals surface area (Å²) in [6, 6.07) is 45.4. The summed E-state index contributed by atoms with van der Waals surface area (Å²) in [5.41, 5.74) is 12.2. The molecule has 0 amide bonds. The lowest BCUT2D eigenvalue weighted by Gasteiger charge is -2.29. The van der Waals surface area contributed by atoms with Crippen molar-refractivity contribution < 1.29 is 0 Å². The van der Waals surface area contributed by atoms with Gasteiger partial charge in [-0.2, -0.15) is 0 Å². The van der Waals surface area contributed by atoms with E-state index in [1.807, 2.05) is 0 Å². The van der Waals surface area contributed by atoms with Gasteiger partial charge in [-0.25, -0.2) is 0 Å². The molecule has 49 heavy (non-hydrogen) atoms. The summed E-state index contributed by atoms with van der Waals surface area (Å²) in [5, 5.41) is 15.3. The van der Waals surface area contributed by atoms with Crippen molar-refractivity contribution in [2.24, 2.45) is 0 Å². The zero-order chi connectivity index (χ0) is 32.6. The molecule has 0 bridgehead atoms. The summed E-state index contributed by atoms with van der Waals surface area (Å²) >= 11 is 0. The summed E-state index contributed by atoms with van der Waals surface area (Å²) in [6.07, 6.45) is 3.80. The highest BCUT2D eigenvalue weighted by Crippen LogP contribution is 2.42. The van der Waals surface area contributed by atoms with Gasteiger partial charge in [0.1, 0.15) is 0 Å². The third-order valence-corrected chi connectivity index (χ3v) is 11.0. The molecule has 0 radical (unpaired) electrons. The van der Waals surface area contributed by atoms with Crippen molar-refractivity contribution in [1.82, 2.24) is 13.7 Å². The lowest BCUT2D eigenvalue weighted by molar-refractivity contribution is 0.328. The average Bonchev–Trinajstić information content (AvgIpc) is 3.72. The largest absolute Gasteiger partial charge is 0.355 e. The molecule has 0 spiro atoms. The van der Waals surface area contributed by atoms with Crippen LogP contribution in [0, 0.1) is 0 Å². The maximum absolute atomic E-state index is 3.77. The van der Waals surface area contributed by atoms with E-state index < -0.39 is 0 Å². The molecule has 1 aliphatic carbocycles. The first-order valence-electron chi connectivity index (χ1n) is 17.8. The molecular weight excluding hydrogens is 599 g/mol. The van der Waals surface area contributed by atoms with E-state index in [0.717, 1.165) is 35.8 Å². The van der Waals surface area contributed by atoms with Gasteiger partial charge in [-0.3, -0.25) is 0 Å². The van der Waals surface area contributed by atoms with Crippen LogP contribution in [0.25, 0.3) is 65.4 Å². The molecule has 5 heteroatoms. The van der Waals surface area contributed by atoms with Gasteiger partial charge in [0, 0.05) is 107 Å². The Hall–Kier alpha value is -5.68. The summed E-state index contributed by atoms with van der Waals surface area (Å²) in [5.74, 6) is 0. The first-order chi connectivity index (χ1) is 24.2. The van der Waals surface area contributed by atoms with Gasteiger partial charge in [0.15, 0.2) is 0 Å². The van der Waals surface area contributed by atoms with Gasteiger partial charge in [0.25, 0.3) is 0 Å². The van der Waals surface area contributed by atoms with Crippen LogP contribution in [0.3, 0.4) is 0 Å². The number of fused-ring (bicyclic) bond motifs is 9. The molecule has 10 rings (SSSR count). The smallest absolute Gasteiger partial charge is 0.0495 e. The molecule has 2 N–H and O–H groups in total. The van der Waals surface area contributed by atoms with Gasteiger partial charge in [0.2, 0.25) is 0 Å². The van der Waals surface area contributed by atoms with Gasteiger partial charge in [0.05, 0.1) is 0 Å². The van der Waals surface area contributed by atoms with Crippen LogP contribution in [0.4, 0.5) is 22.7 Å². The van der Waals surface area contributed by atoms with Crippen molar-refractivity contribution in [3.05, 3.63) is 121 Å². The number of hydrogen-bond acceptors (Lipinski definition) is 2. The van der Waals surface area contributed by atoms with E-state index in [0.29, 0.717) is 6.04 Å². The van der Waals surface area contributed by atoms with Crippen LogP contribution in [0.15, 0.2) is 121 Å². The molecule has 0 atom stereocenters. The zero-order valence-corrected chi connectivity index (χ0v) is 28.0. The number of aromatic nitrogens is 3. The quantitative estimate of drug-likeness (QED) is 0.182. The van der Waals surface area contributed by atoms with E-state index in [1.165, 1.54) is 84.7 Å². The third kappa shape index (κ3) is 4.31. The fourth-order valence-electron chi connectivity index (χ4n) is 8.52. The molecule has 1 fully saturated rings. The zero-order valence-electron chi connectivity index (χ0n) is 28.0. The second-order valence-corrected chi connectivity index (χ2v) is 13.7. The van der Waals surface area contributed by atoms with Crippen LogP contribution >= 0.6 is 0 Å². The third-order valence-electron chi connectivity index (χ3n) is 11.0. The Morgan fingerprint density at radius 1 is 0.449 bits per heavy atom. The van der Waals surface area contributed by atoms with Crippen molar-refractivity contribution in [2.75, 3.05) is 10.6 Å². The number of anilines is 4. The second-order valence-electron chi connectivity index (χ2n) is 13.7. The number of aryl methyl sites for hydroxylation is 2. The molecule has 1 aliphatic rings. The normalized spacial score (nSPS) is 13.8. The van der Waals surface area contributed by atoms with E-state index in [-0.39, 0.29) is 0 Å². The van der Waals surface area contributed by atoms with Gasteiger partial charge in [-0.05, 0) is 118 Å². The van der Waals surface area contributed by atoms with E-state index in [2.05, 4.69) is 160 Å². The van der Waals surface area contributed by atoms with Crippen LogP contribution in [-0.4, -0.2) is 13.7 Å². The van der Waals surface area contributed by atoms with Crippen LogP contribution in [-0.2, 0) is 13.1 Å². The maximum atomic E-state index is 3.77. The second kappa shape index (κ2) is 10.9. The van der Waals surface area contributed by atoms with E-state index in [1.54, 1.807) is 0 Å². The number of para-hydroxylation sites is 2. The van der Waals surface area contributed by atoms with Crippen molar-refractivity contribution >= 4 is 88.2 Å². The number of nitrogens with zero attached hydrogens (tertiary/aromatic N) is 3. The summed E-state index contributed by atoms with van der Waals surface area (Å²) in [7, 11) is 0. The average molecular weight is 638 g/mol. The van der Waals surface area contributed by atoms with E-state index in [4.69, 9.17) is 0 Å². The van der Waals surface area contributed by atoms with Crippen molar-refractivity contribution in [3.8, 4) is 0 Å². The molecule has 5 nitrogen and oxygen atoms in total. The van der Waals surface area contributed by atoms with Gasteiger partial charge in [-0.1, -0.05) is 36.4 Å². The standard InChI is InChI=1S/C44H39N5/c1-3-47-39-14-7-5-12-33(39)35-24-28(16-20-41(35)47)45-30-18-22-43-37(26-30)38-27-31(19-23-44(38)49(43)32-10-9-11-32)46-29-17-21-42-36(25-29)34-13-6-8-15-40(34)48(42)4-2/h5-8,12-27,32,45-46H,3-4,9-11H2,1-2H3. The molecular formula is C44H39N5. The molecule has 0 aliphatic heterocycles.